The van der Waals surface area contributed by atoms with Crippen LogP contribution in [0.1, 0.15) is 11.3 Å². The zero-order chi connectivity index (χ0) is 16.2. The minimum Gasteiger partial charge on any atom is -0.358 e. The molecule has 0 aliphatic heterocycles. The van der Waals surface area contributed by atoms with Crippen LogP contribution >= 0.6 is 0 Å². The molecule has 6 heteroatoms. The van der Waals surface area contributed by atoms with Crippen LogP contribution in [0.2, 0.25) is 0 Å². The van der Waals surface area contributed by atoms with Crippen molar-refractivity contribution >= 4 is 15.8 Å². The molecule has 0 atom stereocenters. The van der Waals surface area contributed by atoms with Gasteiger partial charge >= 0.3 is 0 Å². The van der Waals surface area contributed by atoms with E-state index in [1.807, 2.05) is 44.0 Å². The van der Waals surface area contributed by atoms with Gasteiger partial charge in [0.1, 0.15) is 5.82 Å². The molecule has 0 saturated carbocycles. The second-order valence-corrected chi connectivity index (χ2v) is 7.04. The van der Waals surface area contributed by atoms with Gasteiger partial charge in [-0.3, -0.25) is 0 Å². The standard InChI is InChI=1S/C16H21N3O2S/c1-13-7-9-15(10-8-13)22(20,21)17-11-12-19(3)16-6-4-5-14(2)18-16/h4-10,17H,11-12H2,1-3H3. The second kappa shape index (κ2) is 6.89. The molecular formula is C16H21N3O2S. The Balaban J connectivity index is 1.94. The van der Waals surface area contributed by atoms with E-state index in [1.54, 1.807) is 24.3 Å². The zero-order valence-corrected chi connectivity index (χ0v) is 13.9. The van der Waals surface area contributed by atoms with Gasteiger partial charge in [-0.2, -0.15) is 0 Å². The summed E-state index contributed by atoms with van der Waals surface area (Å²) in [4.78, 5) is 6.61. The lowest BCUT2D eigenvalue weighted by molar-refractivity contribution is 0.581. The van der Waals surface area contributed by atoms with Crippen LogP contribution in [-0.2, 0) is 10.0 Å². The molecule has 0 aliphatic rings. The van der Waals surface area contributed by atoms with Gasteiger partial charge in [0.05, 0.1) is 4.90 Å². The molecule has 1 aromatic heterocycles. The third-order valence-electron chi connectivity index (χ3n) is 3.34. The van der Waals surface area contributed by atoms with E-state index < -0.39 is 10.0 Å². The third kappa shape index (κ3) is 4.29. The highest BCUT2D eigenvalue weighted by Crippen LogP contribution is 2.11. The predicted molar refractivity (Wildman–Crippen MR) is 88.6 cm³/mol. The van der Waals surface area contributed by atoms with Gasteiger partial charge in [0.2, 0.25) is 10.0 Å². The summed E-state index contributed by atoms with van der Waals surface area (Å²) in [5.41, 5.74) is 1.97. The van der Waals surface area contributed by atoms with Crippen molar-refractivity contribution in [1.82, 2.24) is 9.71 Å². The molecule has 0 aliphatic carbocycles. The normalized spacial score (nSPS) is 11.4. The van der Waals surface area contributed by atoms with Crippen LogP contribution in [0.25, 0.3) is 0 Å². The number of hydrogen-bond acceptors (Lipinski definition) is 4. The monoisotopic (exact) mass is 319 g/mol. The van der Waals surface area contributed by atoms with Crippen molar-refractivity contribution in [2.24, 2.45) is 0 Å². The van der Waals surface area contributed by atoms with Crippen molar-refractivity contribution in [3.05, 3.63) is 53.7 Å². The second-order valence-electron chi connectivity index (χ2n) is 5.27. The van der Waals surface area contributed by atoms with E-state index in [9.17, 15) is 8.42 Å². The van der Waals surface area contributed by atoms with E-state index in [4.69, 9.17) is 0 Å². The number of hydrogen-bond donors (Lipinski definition) is 1. The van der Waals surface area contributed by atoms with E-state index >= 15 is 0 Å². The Hall–Kier alpha value is -1.92. The molecule has 0 unspecified atom stereocenters. The molecule has 118 valence electrons. The average molecular weight is 319 g/mol. The molecule has 0 spiro atoms. The summed E-state index contributed by atoms with van der Waals surface area (Å²) in [5.74, 6) is 0.828. The van der Waals surface area contributed by atoms with Crippen molar-refractivity contribution in [3.63, 3.8) is 0 Å². The van der Waals surface area contributed by atoms with E-state index in [0.29, 0.717) is 13.1 Å². The van der Waals surface area contributed by atoms with Gasteiger partial charge in [-0.25, -0.2) is 18.1 Å². The number of rotatable bonds is 6. The number of benzene rings is 1. The lowest BCUT2D eigenvalue weighted by atomic mass is 10.2. The number of pyridine rings is 1. The summed E-state index contributed by atoms with van der Waals surface area (Å²) in [7, 11) is -1.57. The van der Waals surface area contributed by atoms with Gasteiger partial charge < -0.3 is 4.90 Å². The molecule has 22 heavy (non-hydrogen) atoms. The van der Waals surface area contributed by atoms with Gasteiger partial charge in [0.25, 0.3) is 0 Å². The van der Waals surface area contributed by atoms with Crippen LogP contribution in [0.5, 0.6) is 0 Å². The maximum Gasteiger partial charge on any atom is 0.240 e. The average Bonchev–Trinajstić information content (AvgIpc) is 2.47. The van der Waals surface area contributed by atoms with Crippen LogP contribution in [0.4, 0.5) is 5.82 Å². The van der Waals surface area contributed by atoms with Crippen LogP contribution in [0.3, 0.4) is 0 Å². The molecule has 2 aromatic rings. The molecule has 1 heterocycles. The molecule has 0 saturated heterocycles. The minimum atomic E-state index is -3.46. The zero-order valence-electron chi connectivity index (χ0n) is 13.1. The van der Waals surface area contributed by atoms with Gasteiger partial charge in [-0.15, -0.1) is 0 Å². The number of nitrogens with zero attached hydrogens (tertiary/aromatic N) is 2. The van der Waals surface area contributed by atoms with Crippen molar-refractivity contribution < 1.29 is 8.42 Å². The van der Waals surface area contributed by atoms with Crippen LogP contribution in [-0.4, -0.2) is 33.5 Å². The third-order valence-corrected chi connectivity index (χ3v) is 4.81. The van der Waals surface area contributed by atoms with E-state index in [0.717, 1.165) is 17.1 Å². The van der Waals surface area contributed by atoms with E-state index in [2.05, 4.69) is 9.71 Å². The highest BCUT2D eigenvalue weighted by molar-refractivity contribution is 7.89. The maximum absolute atomic E-state index is 12.2. The Bertz CT molecular complexity index is 727. The topological polar surface area (TPSA) is 62.3 Å². The van der Waals surface area contributed by atoms with E-state index in [-0.39, 0.29) is 4.90 Å². The van der Waals surface area contributed by atoms with Gasteiger partial charge in [0, 0.05) is 25.8 Å². The van der Waals surface area contributed by atoms with E-state index in [1.165, 1.54) is 0 Å². The largest absolute Gasteiger partial charge is 0.358 e. The Labute approximate surface area is 132 Å². The fourth-order valence-electron chi connectivity index (χ4n) is 2.00. The molecule has 0 fully saturated rings. The number of nitrogens with one attached hydrogen (secondary N) is 1. The molecule has 1 aromatic carbocycles. The molecular weight excluding hydrogens is 298 g/mol. The summed E-state index contributed by atoms with van der Waals surface area (Å²) in [6.45, 7) is 4.72. The molecule has 0 bridgehead atoms. The Morgan fingerprint density at radius 2 is 1.77 bits per heavy atom. The fraction of sp³-hybridized carbons (Fsp3) is 0.312. The molecule has 5 nitrogen and oxygen atoms in total. The number of aryl methyl sites for hydroxylation is 2. The fourth-order valence-corrected chi connectivity index (χ4v) is 3.03. The Kier molecular flexibility index (Phi) is 5.15. The van der Waals surface area contributed by atoms with Crippen molar-refractivity contribution in [3.8, 4) is 0 Å². The van der Waals surface area contributed by atoms with Crippen molar-refractivity contribution in [2.45, 2.75) is 18.7 Å². The summed E-state index contributed by atoms with van der Waals surface area (Å²) < 4.78 is 27.0. The number of anilines is 1. The Morgan fingerprint density at radius 3 is 2.41 bits per heavy atom. The Morgan fingerprint density at radius 1 is 1.09 bits per heavy atom. The number of likely N-dealkylation sites (N-methyl/N-ethyl adjacent to an activating group) is 1. The first-order valence-corrected chi connectivity index (χ1v) is 8.58. The molecule has 0 radical (unpaired) electrons. The van der Waals surface area contributed by atoms with Crippen LogP contribution in [0, 0.1) is 13.8 Å². The molecule has 0 amide bonds. The maximum atomic E-state index is 12.2. The highest BCUT2D eigenvalue weighted by atomic mass is 32.2. The number of aromatic nitrogens is 1. The van der Waals surface area contributed by atoms with Crippen LogP contribution < -0.4 is 9.62 Å². The highest BCUT2D eigenvalue weighted by Gasteiger charge is 2.13. The quantitative estimate of drug-likeness (QED) is 0.886. The molecule has 1 N–H and O–H groups in total. The summed E-state index contributed by atoms with van der Waals surface area (Å²) in [6.07, 6.45) is 0. The first-order valence-electron chi connectivity index (χ1n) is 7.09. The van der Waals surface area contributed by atoms with Gasteiger partial charge in [-0.05, 0) is 38.1 Å². The number of sulfonamides is 1. The summed E-state index contributed by atoms with van der Waals surface area (Å²) in [5, 5.41) is 0. The first-order chi connectivity index (χ1) is 10.4. The summed E-state index contributed by atoms with van der Waals surface area (Å²) in [6, 6.07) is 12.6. The lowest BCUT2D eigenvalue weighted by Crippen LogP contribution is -2.33. The lowest BCUT2D eigenvalue weighted by Gasteiger charge is -2.18. The minimum absolute atomic E-state index is 0.287. The molecule has 2 rings (SSSR count). The predicted octanol–water partition coefficient (Wildman–Crippen LogP) is 2.11. The van der Waals surface area contributed by atoms with Crippen LogP contribution in [0.15, 0.2) is 47.4 Å². The van der Waals surface area contributed by atoms with Gasteiger partial charge in [-0.1, -0.05) is 23.8 Å². The SMILES string of the molecule is Cc1ccc(S(=O)(=O)NCCN(C)c2cccc(C)n2)cc1. The smallest absolute Gasteiger partial charge is 0.240 e. The first kappa shape index (κ1) is 16.5. The van der Waals surface area contributed by atoms with Gasteiger partial charge in [0.15, 0.2) is 0 Å². The van der Waals surface area contributed by atoms with Crippen molar-refractivity contribution in [1.29, 1.82) is 0 Å². The van der Waals surface area contributed by atoms with Crippen molar-refractivity contribution in [2.75, 3.05) is 25.0 Å². The summed E-state index contributed by atoms with van der Waals surface area (Å²) >= 11 is 0.